The minimum absolute atomic E-state index is 0.374. The van der Waals surface area contributed by atoms with E-state index in [2.05, 4.69) is 5.32 Å². The van der Waals surface area contributed by atoms with E-state index in [1.54, 1.807) is 6.92 Å². The van der Waals surface area contributed by atoms with Crippen molar-refractivity contribution in [2.24, 2.45) is 5.41 Å². The van der Waals surface area contributed by atoms with Gasteiger partial charge in [-0.2, -0.15) is 0 Å². The molecule has 86 valence electrons. The molecule has 15 heavy (non-hydrogen) atoms. The number of hydrogen-bond donors (Lipinski definition) is 4. The van der Waals surface area contributed by atoms with E-state index >= 15 is 0 Å². The van der Waals surface area contributed by atoms with Gasteiger partial charge in [-0.3, -0.25) is 14.4 Å². The van der Waals surface area contributed by atoms with Gasteiger partial charge in [-0.05, 0) is 6.54 Å². The van der Waals surface area contributed by atoms with Crippen LogP contribution >= 0.6 is 0 Å². The predicted molar refractivity (Wildman–Crippen MR) is 50.3 cm³/mol. The SMILES string of the molecule is CCNCC(C(=O)O)(C(=O)O)C(=O)NC. The number of amides is 1. The van der Waals surface area contributed by atoms with Crippen LogP contribution in [0.15, 0.2) is 0 Å². The van der Waals surface area contributed by atoms with Gasteiger partial charge in [-0.25, -0.2) is 0 Å². The van der Waals surface area contributed by atoms with E-state index in [0.717, 1.165) is 0 Å². The van der Waals surface area contributed by atoms with Gasteiger partial charge in [0.05, 0.1) is 0 Å². The van der Waals surface area contributed by atoms with Gasteiger partial charge in [0, 0.05) is 13.6 Å². The first kappa shape index (κ1) is 13.4. The van der Waals surface area contributed by atoms with Crippen LogP contribution in [0.4, 0.5) is 0 Å². The lowest BCUT2D eigenvalue weighted by atomic mass is 9.87. The Morgan fingerprint density at radius 3 is 1.93 bits per heavy atom. The fourth-order valence-electron chi connectivity index (χ4n) is 1.04. The van der Waals surface area contributed by atoms with E-state index in [-0.39, 0.29) is 0 Å². The second kappa shape index (κ2) is 5.30. The summed E-state index contributed by atoms with van der Waals surface area (Å²) < 4.78 is 0. The third-order valence-corrected chi connectivity index (χ3v) is 1.99. The van der Waals surface area contributed by atoms with Gasteiger partial charge in [0.2, 0.25) is 5.91 Å². The Morgan fingerprint density at radius 1 is 1.20 bits per heavy atom. The van der Waals surface area contributed by atoms with Crippen LogP contribution in [0.1, 0.15) is 6.92 Å². The van der Waals surface area contributed by atoms with Crippen molar-refractivity contribution in [3.05, 3.63) is 0 Å². The molecular formula is C8H14N2O5. The smallest absolute Gasteiger partial charge is 0.332 e. The maximum Gasteiger partial charge on any atom is 0.332 e. The van der Waals surface area contributed by atoms with Crippen LogP contribution in [-0.4, -0.2) is 48.2 Å². The molecule has 0 bridgehead atoms. The summed E-state index contributed by atoms with van der Waals surface area (Å²) in [5.41, 5.74) is -2.47. The second-order valence-electron chi connectivity index (χ2n) is 2.88. The van der Waals surface area contributed by atoms with Crippen LogP contribution in [0.25, 0.3) is 0 Å². The largest absolute Gasteiger partial charge is 0.480 e. The summed E-state index contributed by atoms with van der Waals surface area (Å²) in [5.74, 6) is -4.42. The van der Waals surface area contributed by atoms with Gasteiger partial charge in [-0.1, -0.05) is 6.92 Å². The quantitative estimate of drug-likeness (QED) is 0.403. The van der Waals surface area contributed by atoms with Gasteiger partial charge < -0.3 is 20.8 Å². The summed E-state index contributed by atoms with van der Waals surface area (Å²) in [5, 5.41) is 22.3. The third kappa shape index (κ3) is 2.44. The Bertz CT molecular complexity index is 262. The average Bonchev–Trinajstić information content (AvgIpc) is 2.17. The van der Waals surface area contributed by atoms with Crippen LogP contribution in [0.2, 0.25) is 0 Å². The average molecular weight is 218 g/mol. The molecule has 0 aromatic carbocycles. The summed E-state index contributed by atoms with van der Waals surface area (Å²) >= 11 is 0. The van der Waals surface area contributed by atoms with Crippen molar-refractivity contribution < 1.29 is 24.6 Å². The Hall–Kier alpha value is -1.63. The number of hydrogen-bond acceptors (Lipinski definition) is 4. The number of carbonyl (C=O) groups excluding carboxylic acids is 1. The first-order chi connectivity index (χ1) is 6.93. The summed E-state index contributed by atoms with van der Waals surface area (Å²) in [7, 11) is 1.19. The third-order valence-electron chi connectivity index (χ3n) is 1.99. The monoisotopic (exact) mass is 218 g/mol. The predicted octanol–water partition coefficient (Wildman–Crippen LogP) is -1.50. The number of carbonyl (C=O) groups is 3. The van der Waals surface area contributed by atoms with Crippen molar-refractivity contribution in [3.63, 3.8) is 0 Å². The van der Waals surface area contributed by atoms with E-state index in [0.29, 0.717) is 6.54 Å². The maximum absolute atomic E-state index is 11.3. The first-order valence-electron chi connectivity index (χ1n) is 4.33. The van der Waals surface area contributed by atoms with Crippen molar-refractivity contribution >= 4 is 17.8 Å². The van der Waals surface area contributed by atoms with Crippen LogP contribution in [0.5, 0.6) is 0 Å². The highest BCUT2D eigenvalue weighted by Crippen LogP contribution is 2.17. The lowest BCUT2D eigenvalue weighted by Crippen LogP contribution is -2.56. The highest BCUT2D eigenvalue weighted by Gasteiger charge is 2.53. The summed E-state index contributed by atoms with van der Waals surface area (Å²) in [6.45, 7) is 1.60. The minimum Gasteiger partial charge on any atom is -0.480 e. The zero-order valence-electron chi connectivity index (χ0n) is 8.53. The molecule has 0 aliphatic rings. The Kier molecular flexibility index (Phi) is 4.72. The number of carboxylic acids is 2. The number of aliphatic carboxylic acids is 2. The van der Waals surface area contributed by atoms with E-state index in [4.69, 9.17) is 10.2 Å². The number of nitrogens with one attached hydrogen (secondary N) is 2. The normalized spacial score (nSPS) is 10.8. The van der Waals surface area contributed by atoms with Crippen LogP contribution < -0.4 is 10.6 Å². The molecule has 0 aliphatic carbocycles. The van der Waals surface area contributed by atoms with E-state index < -0.39 is 29.8 Å². The maximum atomic E-state index is 11.3. The van der Waals surface area contributed by atoms with Gasteiger partial charge in [0.25, 0.3) is 5.41 Å². The van der Waals surface area contributed by atoms with Crippen molar-refractivity contribution in [1.29, 1.82) is 0 Å². The molecule has 0 aromatic rings. The zero-order chi connectivity index (χ0) is 12.1. The van der Waals surface area contributed by atoms with Crippen molar-refractivity contribution in [2.75, 3.05) is 20.1 Å². The molecule has 0 fully saturated rings. The van der Waals surface area contributed by atoms with E-state index in [1.807, 2.05) is 5.32 Å². The number of rotatable bonds is 6. The zero-order valence-corrected chi connectivity index (χ0v) is 8.53. The molecule has 1 amide bonds. The minimum atomic E-state index is -2.47. The van der Waals surface area contributed by atoms with Gasteiger partial charge in [0.1, 0.15) is 0 Å². The Balaban J connectivity index is 5.17. The van der Waals surface area contributed by atoms with E-state index in [1.165, 1.54) is 7.05 Å². The highest BCUT2D eigenvalue weighted by atomic mass is 16.4. The molecule has 0 aliphatic heterocycles. The summed E-state index contributed by atoms with van der Waals surface area (Å²) in [6, 6.07) is 0. The van der Waals surface area contributed by atoms with Crippen LogP contribution in [0.3, 0.4) is 0 Å². The van der Waals surface area contributed by atoms with Crippen LogP contribution in [-0.2, 0) is 14.4 Å². The fourth-order valence-corrected chi connectivity index (χ4v) is 1.04. The topological polar surface area (TPSA) is 116 Å². The molecule has 0 saturated carbocycles. The molecule has 0 aromatic heterocycles. The molecule has 0 rings (SSSR count). The molecule has 7 heteroatoms. The molecular weight excluding hydrogens is 204 g/mol. The van der Waals surface area contributed by atoms with Crippen molar-refractivity contribution in [2.45, 2.75) is 6.92 Å². The molecule has 0 saturated heterocycles. The Labute approximate surface area is 86.5 Å². The second-order valence-corrected chi connectivity index (χ2v) is 2.88. The lowest BCUT2D eigenvalue weighted by Gasteiger charge is -2.22. The molecule has 0 atom stereocenters. The standard InChI is InChI=1S/C8H14N2O5/c1-3-10-4-8(6(12)13,7(14)15)5(11)9-2/h10H,3-4H2,1-2H3,(H,9,11)(H,12,13)(H,14,15). The summed E-state index contributed by atoms with van der Waals surface area (Å²) in [4.78, 5) is 33.1. The first-order valence-corrected chi connectivity index (χ1v) is 4.33. The fraction of sp³-hybridized carbons (Fsp3) is 0.625. The summed E-state index contributed by atoms with van der Waals surface area (Å²) in [6.07, 6.45) is 0. The molecule has 0 spiro atoms. The van der Waals surface area contributed by atoms with Crippen LogP contribution in [0, 0.1) is 5.41 Å². The molecule has 0 heterocycles. The molecule has 4 N–H and O–H groups in total. The van der Waals surface area contributed by atoms with Crippen molar-refractivity contribution in [1.82, 2.24) is 10.6 Å². The highest BCUT2D eigenvalue weighted by molar-refractivity contribution is 6.18. The molecule has 0 unspecified atom stereocenters. The number of carboxylic acid groups (broad SMARTS) is 2. The van der Waals surface area contributed by atoms with Gasteiger partial charge in [0.15, 0.2) is 0 Å². The lowest BCUT2D eigenvalue weighted by molar-refractivity contribution is -0.168. The Morgan fingerprint density at radius 2 is 1.67 bits per heavy atom. The van der Waals surface area contributed by atoms with Gasteiger partial charge >= 0.3 is 11.9 Å². The molecule has 7 nitrogen and oxygen atoms in total. The van der Waals surface area contributed by atoms with Gasteiger partial charge in [-0.15, -0.1) is 0 Å². The molecule has 0 radical (unpaired) electrons. The van der Waals surface area contributed by atoms with E-state index in [9.17, 15) is 14.4 Å². The van der Waals surface area contributed by atoms with Crippen molar-refractivity contribution in [3.8, 4) is 0 Å².